The summed E-state index contributed by atoms with van der Waals surface area (Å²) in [7, 11) is 0. The van der Waals surface area contributed by atoms with E-state index in [2.05, 4.69) is 15.4 Å². The van der Waals surface area contributed by atoms with Crippen molar-refractivity contribution in [2.75, 3.05) is 0 Å². The largest absolute Gasteiger partial charge is 0.455 e. The zero-order valence-corrected chi connectivity index (χ0v) is 12.1. The number of nitrogens with zero attached hydrogens (tertiary/aromatic N) is 5. The summed E-state index contributed by atoms with van der Waals surface area (Å²) in [6, 6.07) is 6.96. The summed E-state index contributed by atoms with van der Waals surface area (Å²) in [6.45, 7) is 0.0699. The van der Waals surface area contributed by atoms with E-state index in [4.69, 9.17) is 0 Å². The molecule has 2 aromatic heterocycles. The molecule has 7 nitrogen and oxygen atoms in total. The molecule has 0 unspecified atom stereocenters. The van der Waals surface area contributed by atoms with Crippen LogP contribution >= 0.6 is 0 Å². The molecule has 0 saturated carbocycles. The van der Waals surface area contributed by atoms with Crippen LogP contribution in [-0.4, -0.2) is 36.8 Å². The Bertz CT molecular complexity index is 913. The standard InChI is InChI=1S/C14H10F3N5O2/c15-14(16,17)13-18-20-22(19-13)6-5-21-7-9-3-1-2-4-10(9)12(21)11(24)8-23/h1-4,7-8H,5-6H2. The van der Waals surface area contributed by atoms with Gasteiger partial charge in [-0.15, -0.1) is 10.2 Å². The topological polar surface area (TPSA) is 82.7 Å². The molecule has 0 N–H and O–H groups in total. The Morgan fingerprint density at radius 1 is 1.21 bits per heavy atom. The van der Waals surface area contributed by atoms with E-state index >= 15 is 0 Å². The summed E-state index contributed by atoms with van der Waals surface area (Å²) in [5, 5.41) is 10.9. The van der Waals surface area contributed by atoms with Gasteiger partial charge in [0.2, 0.25) is 5.78 Å². The number of Topliss-reactive ketones (excluding diaryl/α,β-unsaturated/α-hetero) is 1. The smallest absolute Gasteiger partial charge is 0.342 e. The number of benzene rings is 1. The van der Waals surface area contributed by atoms with Crippen LogP contribution < -0.4 is 0 Å². The molecular weight excluding hydrogens is 327 g/mol. The van der Waals surface area contributed by atoms with Crippen LogP contribution in [0.15, 0.2) is 30.5 Å². The fourth-order valence-electron chi connectivity index (χ4n) is 2.37. The van der Waals surface area contributed by atoms with Crippen LogP contribution in [0.25, 0.3) is 10.8 Å². The summed E-state index contributed by atoms with van der Waals surface area (Å²) >= 11 is 0. The van der Waals surface area contributed by atoms with E-state index in [1.807, 2.05) is 0 Å². The quantitative estimate of drug-likeness (QED) is 0.402. The lowest BCUT2D eigenvalue weighted by molar-refractivity contribution is -0.145. The molecule has 24 heavy (non-hydrogen) atoms. The monoisotopic (exact) mass is 337 g/mol. The van der Waals surface area contributed by atoms with Crippen LogP contribution in [-0.2, 0) is 24.1 Å². The van der Waals surface area contributed by atoms with Crippen molar-refractivity contribution in [2.45, 2.75) is 19.3 Å². The van der Waals surface area contributed by atoms with E-state index in [9.17, 15) is 22.8 Å². The molecule has 3 aromatic rings. The van der Waals surface area contributed by atoms with Crippen LogP contribution in [0, 0.1) is 0 Å². The number of fused-ring (bicyclic) bond motifs is 1. The van der Waals surface area contributed by atoms with Crippen LogP contribution in [0.5, 0.6) is 0 Å². The third-order valence-electron chi connectivity index (χ3n) is 3.39. The normalized spacial score (nSPS) is 11.8. The Morgan fingerprint density at radius 3 is 2.62 bits per heavy atom. The first-order valence-corrected chi connectivity index (χ1v) is 6.82. The van der Waals surface area contributed by atoms with Gasteiger partial charge in [0.05, 0.1) is 6.54 Å². The number of halogens is 3. The summed E-state index contributed by atoms with van der Waals surface area (Å²) in [5.41, 5.74) is 0.178. The molecule has 0 radical (unpaired) electrons. The van der Waals surface area contributed by atoms with Gasteiger partial charge in [0.25, 0.3) is 5.82 Å². The predicted molar refractivity (Wildman–Crippen MR) is 75.2 cm³/mol. The summed E-state index contributed by atoms with van der Waals surface area (Å²) in [4.78, 5) is 23.5. The molecule has 0 atom stereocenters. The average Bonchev–Trinajstić information content (AvgIpc) is 3.16. The van der Waals surface area contributed by atoms with Crippen molar-refractivity contribution in [3.8, 4) is 0 Å². The van der Waals surface area contributed by atoms with Crippen molar-refractivity contribution in [3.05, 3.63) is 42.0 Å². The van der Waals surface area contributed by atoms with Crippen molar-refractivity contribution in [1.29, 1.82) is 0 Å². The number of aldehydes is 1. The number of rotatable bonds is 5. The first-order valence-electron chi connectivity index (χ1n) is 6.82. The van der Waals surface area contributed by atoms with Crippen LogP contribution in [0.1, 0.15) is 16.3 Å². The highest BCUT2D eigenvalue weighted by Gasteiger charge is 2.36. The van der Waals surface area contributed by atoms with Crippen molar-refractivity contribution >= 4 is 22.8 Å². The number of alkyl halides is 3. The van der Waals surface area contributed by atoms with Gasteiger partial charge in [-0.25, -0.2) is 0 Å². The molecule has 0 amide bonds. The molecule has 2 heterocycles. The number of carbonyl (C=O) groups excluding carboxylic acids is 2. The van der Waals surface area contributed by atoms with Crippen molar-refractivity contribution in [2.24, 2.45) is 0 Å². The maximum absolute atomic E-state index is 12.5. The van der Waals surface area contributed by atoms with Crippen molar-refractivity contribution in [1.82, 2.24) is 24.8 Å². The van der Waals surface area contributed by atoms with Gasteiger partial charge in [-0.3, -0.25) is 9.59 Å². The van der Waals surface area contributed by atoms with E-state index in [1.54, 1.807) is 30.5 Å². The lowest BCUT2D eigenvalue weighted by Gasteiger charge is -2.06. The maximum atomic E-state index is 12.5. The van der Waals surface area contributed by atoms with Gasteiger partial charge in [-0.05, 0) is 5.21 Å². The molecular formula is C14H10F3N5O2. The molecule has 0 aliphatic carbocycles. The van der Waals surface area contributed by atoms with Crippen LogP contribution in [0.4, 0.5) is 13.2 Å². The third-order valence-corrected chi connectivity index (χ3v) is 3.39. The minimum absolute atomic E-state index is 0.0385. The Balaban J connectivity index is 1.89. The van der Waals surface area contributed by atoms with Gasteiger partial charge in [-0.1, -0.05) is 24.3 Å². The summed E-state index contributed by atoms with van der Waals surface area (Å²) in [6.07, 6.45) is -2.82. The highest BCUT2D eigenvalue weighted by Crippen LogP contribution is 2.25. The Kier molecular flexibility index (Phi) is 3.87. The number of aryl methyl sites for hydroxylation is 2. The van der Waals surface area contributed by atoms with Gasteiger partial charge in [-0.2, -0.15) is 18.0 Å². The second-order valence-corrected chi connectivity index (χ2v) is 4.95. The van der Waals surface area contributed by atoms with E-state index in [0.717, 1.165) is 10.2 Å². The molecule has 0 spiro atoms. The van der Waals surface area contributed by atoms with Gasteiger partial charge in [0.15, 0.2) is 6.29 Å². The first-order chi connectivity index (χ1) is 11.4. The van der Waals surface area contributed by atoms with Gasteiger partial charge in [0, 0.05) is 23.5 Å². The SMILES string of the molecule is O=CC(=O)c1c2ccccc2cn1CCn1nnc(C(F)(F)F)n1. The second-order valence-electron chi connectivity index (χ2n) is 4.95. The van der Waals surface area contributed by atoms with Gasteiger partial charge >= 0.3 is 6.18 Å². The lowest BCUT2D eigenvalue weighted by atomic mass is 10.1. The molecule has 3 rings (SSSR count). The summed E-state index contributed by atoms with van der Waals surface area (Å²) in [5.74, 6) is -2.04. The first kappa shape index (κ1) is 15.8. The Labute approximate surface area is 132 Å². The highest BCUT2D eigenvalue weighted by atomic mass is 19.4. The number of hydrogen-bond donors (Lipinski definition) is 0. The maximum Gasteiger partial charge on any atom is 0.455 e. The molecule has 124 valence electrons. The predicted octanol–water partition coefficient (Wildman–Crippen LogP) is 1.73. The third kappa shape index (κ3) is 2.90. The molecule has 0 aliphatic rings. The Morgan fingerprint density at radius 2 is 1.96 bits per heavy atom. The minimum Gasteiger partial charge on any atom is -0.342 e. The van der Waals surface area contributed by atoms with E-state index in [1.165, 1.54) is 4.57 Å². The van der Waals surface area contributed by atoms with Crippen molar-refractivity contribution < 1.29 is 22.8 Å². The lowest BCUT2D eigenvalue weighted by Crippen LogP contribution is -2.15. The van der Waals surface area contributed by atoms with Gasteiger partial charge < -0.3 is 4.57 Å². The highest BCUT2D eigenvalue weighted by molar-refractivity contribution is 6.35. The number of tetrazole rings is 1. The van der Waals surface area contributed by atoms with E-state index in [-0.39, 0.29) is 25.1 Å². The molecule has 0 aliphatic heterocycles. The van der Waals surface area contributed by atoms with Crippen molar-refractivity contribution in [3.63, 3.8) is 0 Å². The number of ketones is 1. The van der Waals surface area contributed by atoms with Crippen LogP contribution in [0.3, 0.4) is 0 Å². The fourth-order valence-corrected chi connectivity index (χ4v) is 2.37. The summed E-state index contributed by atoms with van der Waals surface area (Å²) < 4.78 is 38.9. The molecule has 1 aromatic carbocycles. The van der Waals surface area contributed by atoms with E-state index in [0.29, 0.717) is 5.39 Å². The van der Waals surface area contributed by atoms with Crippen LogP contribution in [0.2, 0.25) is 0 Å². The second kappa shape index (κ2) is 5.87. The van der Waals surface area contributed by atoms with Gasteiger partial charge in [0.1, 0.15) is 5.69 Å². The zero-order chi connectivity index (χ0) is 17.3. The molecule has 0 bridgehead atoms. The number of aromatic nitrogens is 5. The zero-order valence-electron chi connectivity index (χ0n) is 12.1. The minimum atomic E-state index is -4.67. The number of carbonyl (C=O) groups is 2. The van der Waals surface area contributed by atoms with E-state index < -0.39 is 17.8 Å². The molecule has 10 heteroatoms. The average molecular weight is 337 g/mol. The molecule has 0 fully saturated rings. The molecule has 0 saturated heterocycles. The fraction of sp³-hybridized carbons (Fsp3) is 0.214. The number of hydrogen-bond acceptors (Lipinski definition) is 5. The Hall–Kier alpha value is -3.04.